The Kier molecular flexibility index (Phi) is 11.7. The number of nitrogens with zero attached hydrogens (tertiary/aromatic N) is 1. The Balaban J connectivity index is 0. The third kappa shape index (κ3) is 9.75. The van der Waals surface area contributed by atoms with E-state index in [1.807, 2.05) is 0 Å². The van der Waals surface area contributed by atoms with E-state index < -0.39 is 0 Å². The Hall–Kier alpha value is -0.170. The summed E-state index contributed by atoms with van der Waals surface area (Å²) < 4.78 is 0. The number of halogens is 1. The normalized spacial score (nSPS) is 10.5. The molecule has 0 atom stereocenters. The zero-order valence-electron chi connectivity index (χ0n) is 9.42. The molecule has 0 N–H and O–H groups in total. The molecule has 0 amide bonds. The Morgan fingerprint density at radius 1 is 1.08 bits per heavy atom. The molecule has 0 bridgehead atoms. The molecule has 1 nitrogen and oxygen atoms in total. The minimum absolute atomic E-state index is 0. The van der Waals surface area contributed by atoms with Crippen LogP contribution in [0.2, 0.25) is 0 Å². The Bertz CT molecular complexity index is 115. The molecule has 0 aliphatic heterocycles. The highest BCUT2D eigenvalue weighted by atomic mass is 35.5. The van der Waals surface area contributed by atoms with Crippen molar-refractivity contribution in [1.82, 2.24) is 4.90 Å². The molecule has 0 aromatic carbocycles. The first-order chi connectivity index (χ1) is 5.70. The lowest BCUT2D eigenvalue weighted by molar-refractivity contribution is 0.373. The molecule has 0 heterocycles. The second kappa shape index (κ2) is 9.91. The number of allylic oxidation sites excluding steroid dienone is 1. The van der Waals surface area contributed by atoms with Crippen molar-refractivity contribution < 1.29 is 0 Å². The van der Waals surface area contributed by atoms with Crippen LogP contribution in [-0.4, -0.2) is 18.0 Å². The lowest BCUT2D eigenvalue weighted by Gasteiger charge is -2.18. The van der Waals surface area contributed by atoms with Crippen LogP contribution in [0.15, 0.2) is 12.3 Å². The van der Waals surface area contributed by atoms with Crippen LogP contribution in [0.4, 0.5) is 0 Å². The first-order valence-corrected chi connectivity index (χ1v) is 5.13. The van der Waals surface area contributed by atoms with Crippen molar-refractivity contribution in [2.75, 3.05) is 13.1 Å². The second-order valence-corrected chi connectivity index (χ2v) is 3.62. The van der Waals surface area contributed by atoms with Crippen LogP contribution in [0.1, 0.15) is 40.5 Å². The molecule has 13 heavy (non-hydrogen) atoms. The van der Waals surface area contributed by atoms with Crippen LogP contribution >= 0.6 is 12.4 Å². The molecule has 0 saturated carbocycles. The van der Waals surface area contributed by atoms with Gasteiger partial charge in [0.2, 0.25) is 0 Å². The van der Waals surface area contributed by atoms with Gasteiger partial charge in [0.1, 0.15) is 0 Å². The van der Waals surface area contributed by atoms with E-state index >= 15 is 0 Å². The van der Waals surface area contributed by atoms with Gasteiger partial charge in [-0.3, -0.25) is 0 Å². The van der Waals surface area contributed by atoms with Crippen molar-refractivity contribution >= 4 is 12.4 Å². The molecular weight excluding hydrogens is 182 g/mol. The van der Waals surface area contributed by atoms with Crippen LogP contribution in [0.3, 0.4) is 0 Å². The molecule has 0 aromatic rings. The first kappa shape index (κ1) is 15.3. The molecule has 0 unspecified atom stereocenters. The number of hydrogen-bond acceptors (Lipinski definition) is 1. The maximum absolute atomic E-state index is 2.40. The zero-order chi connectivity index (χ0) is 9.40. The largest absolute Gasteiger partial charge is 0.378 e. The highest BCUT2D eigenvalue weighted by Gasteiger charge is 1.94. The van der Waals surface area contributed by atoms with Gasteiger partial charge in [-0.15, -0.1) is 12.4 Å². The van der Waals surface area contributed by atoms with Gasteiger partial charge in [-0.05, 0) is 25.0 Å². The predicted octanol–water partition coefficient (Wildman–Crippen LogP) is 3.70. The van der Waals surface area contributed by atoms with Crippen LogP contribution in [-0.2, 0) is 0 Å². The fourth-order valence-corrected chi connectivity index (χ4v) is 1.13. The summed E-state index contributed by atoms with van der Waals surface area (Å²) >= 11 is 0. The summed E-state index contributed by atoms with van der Waals surface area (Å²) in [5, 5.41) is 0. The highest BCUT2D eigenvalue weighted by Crippen LogP contribution is 1.99. The lowest BCUT2D eigenvalue weighted by atomic mass is 10.2. The van der Waals surface area contributed by atoms with E-state index in [1.54, 1.807) is 0 Å². The van der Waals surface area contributed by atoms with Crippen molar-refractivity contribution in [3.63, 3.8) is 0 Å². The van der Waals surface area contributed by atoms with Gasteiger partial charge in [0.15, 0.2) is 0 Å². The topological polar surface area (TPSA) is 3.24 Å². The molecule has 0 fully saturated rings. The van der Waals surface area contributed by atoms with E-state index in [9.17, 15) is 0 Å². The van der Waals surface area contributed by atoms with Gasteiger partial charge in [0.25, 0.3) is 0 Å². The average Bonchev–Trinajstić information content (AvgIpc) is 2.01. The van der Waals surface area contributed by atoms with E-state index in [0.717, 1.165) is 0 Å². The average molecular weight is 206 g/mol. The van der Waals surface area contributed by atoms with Crippen molar-refractivity contribution in [2.24, 2.45) is 5.92 Å². The minimum atomic E-state index is 0. The summed E-state index contributed by atoms with van der Waals surface area (Å²) in [5.74, 6) is 0.668. The zero-order valence-corrected chi connectivity index (χ0v) is 10.2. The Morgan fingerprint density at radius 2 is 1.54 bits per heavy atom. The molecule has 80 valence electrons. The standard InChI is InChI=1S/C11H23N.ClH/c1-5-8-12(9-6-2)10-7-11(3)4;/h7,10-11H,5-6,8-9H2,1-4H3;1H. The monoisotopic (exact) mass is 205 g/mol. The van der Waals surface area contributed by atoms with E-state index in [0.29, 0.717) is 5.92 Å². The van der Waals surface area contributed by atoms with Crippen molar-refractivity contribution in [3.05, 3.63) is 12.3 Å². The minimum Gasteiger partial charge on any atom is -0.378 e. The fraction of sp³-hybridized carbons (Fsp3) is 0.818. The summed E-state index contributed by atoms with van der Waals surface area (Å²) in [5.41, 5.74) is 0. The van der Waals surface area contributed by atoms with E-state index in [4.69, 9.17) is 0 Å². The summed E-state index contributed by atoms with van der Waals surface area (Å²) in [6.07, 6.45) is 6.99. The molecule has 0 aromatic heterocycles. The van der Waals surface area contributed by atoms with Gasteiger partial charge < -0.3 is 4.90 Å². The molecule has 2 heteroatoms. The summed E-state index contributed by atoms with van der Waals surface area (Å²) in [6, 6.07) is 0. The fourth-order valence-electron chi connectivity index (χ4n) is 1.13. The molecule has 0 rings (SSSR count). The van der Waals surface area contributed by atoms with Crippen molar-refractivity contribution in [2.45, 2.75) is 40.5 Å². The van der Waals surface area contributed by atoms with Gasteiger partial charge in [0.05, 0.1) is 0 Å². The van der Waals surface area contributed by atoms with Crippen LogP contribution in [0.5, 0.6) is 0 Å². The van der Waals surface area contributed by atoms with Gasteiger partial charge >= 0.3 is 0 Å². The third-order valence-corrected chi connectivity index (χ3v) is 1.70. The van der Waals surface area contributed by atoms with Gasteiger partial charge in [0, 0.05) is 13.1 Å². The van der Waals surface area contributed by atoms with Crippen molar-refractivity contribution in [1.29, 1.82) is 0 Å². The van der Waals surface area contributed by atoms with Crippen LogP contribution < -0.4 is 0 Å². The lowest BCUT2D eigenvalue weighted by Crippen LogP contribution is -2.18. The maximum Gasteiger partial charge on any atom is 0.0169 e. The summed E-state index contributed by atoms with van der Waals surface area (Å²) in [7, 11) is 0. The molecule has 0 aliphatic carbocycles. The maximum atomic E-state index is 2.40. The first-order valence-electron chi connectivity index (χ1n) is 5.13. The second-order valence-electron chi connectivity index (χ2n) is 3.62. The Labute approximate surface area is 89.6 Å². The van der Waals surface area contributed by atoms with Crippen LogP contribution in [0.25, 0.3) is 0 Å². The predicted molar refractivity (Wildman–Crippen MR) is 63.4 cm³/mol. The number of rotatable bonds is 6. The van der Waals surface area contributed by atoms with Crippen molar-refractivity contribution in [3.8, 4) is 0 Å². The smallest absolute Gasteiger partial charge is 0.0169 e. The van der Waals surface area contributed by atoms with Crippen LogP contribution in [0, 0.1) is 5.92 Å². The third-order valence-electron chi connectivity index (χ3n) is 1.70. The molecule has 0 aliphatic rings. The summed E-state index contributed by atoms with van der Waals surface area (Å²) in [6.45, 7) is 11.3. The quantitative estimate of drug-likeness (QED) is 0.639. The molecule has 0 saturated heterocycles. The van der Waals surface area contributed by atoms with Gasteiger partial charge in [-0.25, -0.2) is 0 Å². The number of hydrogen-bond donors (Lipinski definition) is 0. The molecule has 0 spiro atoms. The SMILES string of the molecule is CCCN(C=CC(C)C)CCC.Cl. The van der Waals surface area contributed by atoms with Gasteiger partial charge in [-0.1, -0.05) is 33.8 Å². The van der Waals surface area contributed by atoms with E-state index in [-0.39, 0.29) is 12.4 Å². The van der Waals surface area contributed by atoms with E-state index in [2.05, 4.69) is 44.9 Å². The summed E-state index contributed by atoms with van der Waals surface area (Å²) in [4.78, 5) is 2.40. The Morgan fingerprint density at radius 3 is 1.85 bits per heavy atom. The highest BCUT2D eigenvalue weighted by molar-refractivity contribution is 5.85. The molecule has 0 radical (unpaired) electrons. The molecular formula is C11H24ClN. The van der Waals surface area contributed by atoms with Gasteiger partial charge in [-0.2, -0.15) is 0 Å². The van der Waals surface area contributed by atoms with E-state index in [1.165, 1.54) is 25.9 Å².